The zero-order chi connectivity index (χ0) is 21.2. The second-order valence-electron chi connectivity index (χ2n) is 6.79. The fraction of sp³-hybridized carbons (Fsp3) is 0.368. The van der Waals surface area contributed by atoms with Gasteiger partial charge in [-0.05, 0) is 36.8 Å². The molecule has 1 saturated heterocycles. The molecular weight excluding hydrogens is 393 g/mol. The van der Waals surface area contributed by atoms with Crippen LogP contribution in [0.5, 0.6) is 0 Å². The molecule has 2 atom stereocenters. The molecule has 1 aromatic carbocycles. The van der Waals surface area contributed by atoms with Gasteiger partial charge in [0.15, 0.2) is 0 Å². The second-order valence-corrected chi connectivity index (χ2v) is 6.79. The fourth-order valence-corrected chi connectivity index (χ4v) is 3.00. The van der Waals surface area contributed by atoms with Crippen molar-refractivity contribution >= 4 is 11.9 Å². The molecule has 0 bridgehead atoms. The minimum atomic E-state index is -4.51. The highest BCUT2D eigenvalue weighted by molar-refractivity contribution is 6.07. The average Bonchev–Trinajstić information content (AvgIpc) is 3.24. The molecule has 2 aromatic rings. The molecule has 1 aliphatic heterocycles. The van der Waals surface area contributed by atoms with Crippen molar-refractivity contribution in [3.63, 3.8) is 0 Å². The largest absolute Gasteiger partial charge is 0.467 e. The molecule has 3 amide bonds. The van der Waals surface area contributed by atoms with Crippen molar-refractivity contribution in [2.24, 2.45) is 0 Å². The minimum absolute atomic E-state index is 0.119. The summed E-state index contributed by atoms with van der Waals surface area (Å²) in [7, 11) is 0. The Bertz CT molecular complexity index is 867. The number of carbonyl (C=O) groups excluding carboxylic acids is 2. The van der Waals surface area contributed by atoms with Crippen molar-refractivity contribution < 1.29 is 37.0 Å². The van der Waals surface area contributed by atoms with Crippen molar-refractivity contribution in [1.29, 1.82) is 0 Å². The van der Waals surface area contributed by atoms with Gasteiger partial charge in [-0.15, -0.1) is 0 Å². The molecule has 2 heterocycles. The van der Waals surface area contributed by atoms with Gasteiger partial charge in [-0.3, -0.25) is 9.69 Å². The number of furan rings is 1. The standard InChI is InChI=1S/C19H19F3N2O5/c1-18(12-4-6-13(7-5-12)19(20,21)22)16(26)24(17(27)23-18)9-14(25)10-28-11-15-3-2-8-29-15/h2-8,14,25H,9-11H2,1H3,(H,23,27). The van der Waals surface area contributed by atoms with Crippen LogP contribution in [0.15, 0.2) is 47.1 Å². The Morgan fingerprint density at radius 2 is 1.93 bits per heavy atom. The van der Waals surface area contributed by atoms with Gasteiger partial charge in [-0.1, -0.05) is 12.1 Å². The van der Waals surface area contributed by atoms with Crippen LogP contribution in [0.1, 0.15) is 23.8 Å². The fourth-order valence-electron chi connectivity index (χ4n) is 3.00. The van der Waals surface area contributed by atoms with E-state index in [-0.39, 0.29) is 25.3 Å². The van der Waals surface area contributed by atoms with Crippen LogP contribution >= 0.6 is 0 Å². The van der Waals surface area contributed by atoms with Crippen molar-refractivity contribution in [1.82, 2.24) is 10.2 Å². The molecule has 1 aromatic heterocycles. The SMILES string of the molecule is CC1(c2ccc(C(F)(F)F)cc2)NC(=O)N(CC(O)COCc2ccco2)C1=O. The Hall–Kier alpha value is -2.85. The molecule has 0 saturated carbocycles. The smallest absolute Gasteiger partial charge is 0.416 e. The molecule has 29 heavy (non-hydrogen) atoms. The monoisotopic (exact) mass is 412 g/mol. The van der Waals surface area contributed by atoms with E-state index in [4.69, 9.17) is 9.15 Å². The van der Waals surface area contributed by atoms with Crippen molar-refractivity contribution in [3.8, 4) is 0 Å². The number of nitrogens with zero attached hydrogens (tertiary/aromatic N) is 1. The highest BCUT2D eigenvalue weighted by atomic mass is 19.4. The van der Waals surface area contributed by atoms with E-state index in [2.05, 4.69) is 5.32 Å². The number of ether oxygens (including phenoxy) is 1. The molecule has 1 aliphatic rings. The van der Waals surface area contributed by atoms with Crippen LogP contribution in [0.2, 0.25) is 0 Å². The number of hydrogen-bond donors (Lipinski definition) is 2. The second kappa shape index (κ2) is 7.88. The lowest BCUT2D eigenvalue weighted by atomic mass is 9.91. The Kier molecular flexibility index (Phi) is 5.67. The molecule has 7 nitrogen and oxygen atoms in total. The molecule has 2 unspecified atom stereocenters. The van der Waals surface area contributed by atoms with Crippen LogP contribution in [-0.4, -0.2) is 41.2 Å². The minimum Gasteiger partial charge on any atom is -0.467 e. The van der Waals surface area contributed by atoms with E-state index < -0.39 is 35.3 Å². The Morgan fingerprint density at radius 1 is 1.24 bits per heavy atom. The number of nitrogens with one attached hydrogen (secondary N) is 1. The zero-order valence-corrected chi connectivity index (χ0v) is 15.4. The van der Waals surface area contributed by atoms with Gasteiger partial charge in [-0.25, -0.2) is 4.79 Å². The van der Waals surface area contributed by atoms with E-state index >= 15 is 0 Å². The van der Waals surface area contributed by atoms with E-state index in [0.29, 0.717) is 5.76 Å². The quantitative estimate of drug-likeness (QED) is 0.683. The first-order valence-electron chi connectivity index (χ1n) is 8.71. The van der Waals surface area contributed by atoms with E-state index in [1.807, 2.05) is 0 Å². The number of halogens is 3. The summed E-state index contributed by atoms with van der Waals surface area (Å²) in [5, 5.41) is 12.6. The Balaban J connectivity index is 1.63. The van der Waals surface area contributed by atoms with Crippen LogP contribution in [-0.2, 0) is 27.9 Å². The highest BCUT2D eigenvalue weighted by Crippen LogP contribution is 2.33. The first-order chi connectivity index (χ1) is 13.6. The number of rotatable bonds is 7. The van der Waals surface area contributed by atoms with E-state index in [0.717, 1.165) is 29.2 Å². The number of aliphatic hydroxyl groups excluding tert-OH is 1. The number of carbonyl (C=O) groups is 2. The number of hydrogen-bond acceptors (Lipinski definition) is 5. The number of β-amino-alcohol motifs (C(OH)–C–C–N with tert-alkyl or cyclic N) is 1. The van der Waals surface area contributed by atoms with Gasteiger partial charge in [0.05, 0.1) is 31.1 Å². The Morgan fingerprint density at radius 3 is 2.52 bits per heavy atom. The highest BCUT2D eigenvalue weighted by Gasteiger charge is 2.49. The van der Waals surface area contributed by atoms with Crippen molar-refractivity contribution in [2.45, 2.75) is 31.3 Å². The first kappa shape index (κ1) is 20.9. The molecule has 0 spiro atoms. The zero-order valence-electron chi connectivity index (χ0n) is 15.4. The van der Waals surface area contributed by atoms with Gasteiger partial charge in [0.2, 0.25) is 0 Å². The summed E-state index contributed by atoms with van der Waals surface area (Å²) in [5.74, 6) is -0.116. The van der Waals surface area contributed by atoms with Gasteiger partial charge in [0.25, 0.3) is 5.91 Å². The summed E-state index contributed by atoms with van der Waals surface area (Å²) < 4.78 is 48.6. The van der Waals surface area contributed by atoms with Gasteiger partial charge in [0.1, 0.15) is 17.9 Å². The number of imide groups is 1. The van der Waals surface area contributed by atoms with Gasteiger partial charge in [0, 0.05) is 0 Å². The van der Waals surface area contributed by atoms with E-state index in [1.165, 1.54) is 13.2 Å². The number of aliphatic hydroxyl groups is 1. The predicted octanol–water partition coefficient (Wildman–Crippen LogP) is 2.64. The van der Waals surface area contributed by atoms with Crippen LogP contribution in [0.4, 0.5) is 18.0 Å². The summed E-state index contributed by atoms with van der Waals surface area (Å²) in [6.07, 6.45) is -4.17. The molecule has 2 N–H and O–H groups in total. The predicted molar refractivity (Wildman–Crippen MR) is 93.4 cm³/mol. The molecule has 0 aliphatic carbocycles. The molecule has 3 rings (SSSR count). The summed E-state index contributed by atoms with van der Waals surface area (Å²) in [4.78, 5) is 25.8. The maximum atomic E-state index is 12.8. The molecule has 10 heteroatoms. The third kappa shape index (κ3) is 4.43. The van der Waals surface area contributed by atoms with Gasteiger partial charge < -0.3 is 19.6 Å². The lowest BCUT2D eigenvalue weighted by molar-refractivity contribution is -0.137. The summed E-state index contributed by atoms with van der Waals surface area (Å²) >= 11 is 0. The van der Waals surface area contributed by atoms with Crippen LogP contribution < -0.4 is 5.32 Å². The maximum absolute atomic E-state index is 12.8. The summed E-state index contributed by atoms with van der Waals surface area (Å²) in [6.45, 7) is 1.05. The topological polar surface area (TPSA) is 92.0 Å². The van der Waals surface area contributed by atoms with Crippen molar-refractivity contribution in [2.75, 3.05) is 13.2 Å². The lowest BCUT2D eigenvalue weighted by Gasteiger charge is -2.23. The lowest BCUT2D eigenvalue weighted by Crippen LogP contribution is -2.42. The van der Waals surface area contributed by atoms with Crippen molar-refractivity contribution in [3.05, 3.63) is 59.5 Å². The number of amides is 3. The molecule has 1 fully saturated rings. The number of alkyl halides is 3. The first-order valence-corrected chi connectivity index (χ1v) is 8.71. The molecular formula is C19H19F3N2O5. The maximum Gasteiger partial charge on any atom is 0.416 e. The number of benzene rings is 1. The van der Waals surface area contributed by atoms with Crippen LogP contribution in [0.25, 0.3) is 0 Å². The Labute approximate surface area is 164 Å². The van der Waals surface area contributed by atoms with Gasteiger partial charge >= 0.3 is 12.2 Å². The third-order valence-corrected chi connectivity index (χ3v) is 4.59. The average molecular weight is 412 g/mol. The van der Waals surface area contributed by atoms with Crippen LogP contribution in [0, 0.1) is 0 Å². The van der Waals surface area contributed by atoms with Crippen LogP contribution in [0.3, 0.4) is 0 Å². The molecule has 0 radical (unpaired) electrons. The molecule has 156 valence electrons. The summed E-state index contributed by atoms with van der Waals surface area (Å²) in [5.41, 5.74) is -2.19. The summed E-state index contributed by atoms with van der Waals surface area (Å²) in [6, 6.07) is 6.62. The van der Waals surface area contributed by atoms with E-state index in [9.17, 15) is 27.9 Å². The van der Waals surface area contributed by atoms with E-state index in [1.54, 1.807) is 12.1 Å². The third-order valence-electron chi connectivity index (χ3n) is 4.59. The normalized spacial score (nSPS) is 20.8. The van der Waals surface area contributed by atoms with Gasteiger partial charge in [-0.2, -0.15) is 13.2 Å². The number of urea groups is 1.